The van der Waals surface area contributed by atoms with Crippen molar-refractivity contribution in [2.75, 3.05) is 5.73 Å². The van der Waals surface area contributed by atoms with Gasteiger partial charge in [-0.2, -0.15) is 5.26 Å². The van der Waals surface area contributed by atoms with Gasteiger partial charge in [0.25, 0.3) is 0 Å². The van der Waals surface area contributed by atoms with Gasteiger partial charge in [-0.05, 0) is 23.6 Å². The van der Waals surface area contributed by atoms with Gasteiger partial charge in [-0.1, -0.05) is 17.7 Å². The monoisotopic (exact) mass is 262 g/mol. The zero-order chi connectivity index (χ0) is 12.3. The molecule has 0 aromatic carbocycles. The maximum atomic E-state index is 8.79. The lowest BCUT2D eigenvalue weighted by Gasteiger charge is -2.00. The Hall–Kier alpha value is -1.90. The molecule has 17 heavy (non-hydrogen) atoms. The van der Waals surface area contributed by atoms with Crippen molar-refractivity contribution in [1.82, 2.24) is 9.97 Å². The fourth-order valence-corrected chi connectivity index (χ4v) is 1.99. The van der Waals surface area contributed by atoms with Crippen LogP contribution in [0.1, 0.15) is 16.3 Å². The number of aromatic nitrogens is 2. The Morgan fingerprint density at radius 2 is 2.24 bits per heavy atom. The summed E-state index contributed by atoms with van der Waals surface area (Å²) < 4.78 is 0. The Morgan fingerprint density at radius 3 is 2.88 bits per heavy atom. The molecule has 0 saturated carbocycles. The number of hydrogen-bond donors (Lipinski definition) is 1. The van der Waals surface area contributed by atoms with Crippen LogP contribution in [0, 0.1) is 11.3 Å². The second kappa shape index (κ2) is 4.95. The molecule has 0 aliphatic rings. The van der Waals surface area contributed by atoms with Crippen molar-refractivity contribution in [1.29, 1.82) is 5.26 Å². The van der Waals surface area contributed by atoms with E-state index in [9.17, 15) is 0 Å². The largest absolute Gasteiger partial charge is 0.381 e. The molecule has 84 valence electrons. The third kappa shape index (κ3) is 2.61. The summed E-state index contributed by atoms with van der Waals surface area (Å²) >= 11 is 7.48. The molecule has 2 rings (SSSR count). The van der Waals surface area contributed by atoms with Crippen molar-refractivity contribution >= 4 is 40.9 Å². The van der Waals surface area contributed by atoms with E-state index >= 15 is 0 Å². The lowest BCUT2D eigenvalue weighted by molar-refractivity contribution is 1.16. The summed E-state index contributed by atoms with van der Waals surface area (Å²) in [4.78, 5) is 8.95. The highest BCUT2D eigenvalue weighted by Crippen LogP contribution is 2.19. The van der Waals surface area contributed by atoms with E-state index in [4.69, 9.17) is 22.6 Å². The maximum Gasteiger partial charge on any atom is 0.183 e. The van der Waals surface area contributed by atoms with E-state index in [0.717, 1.165) is 4.88 Å². The van der Waals surface area contributed by atoms with Crippen LogP contribution < -0.4 is 5.73 Å². The predicted molar refractivity (Wildman–Crippen MR) is 69.4 cm³/mol. The molecule has 0 unspecified atom stereocenters. The van der Waals surface area contributed by atoms with Gasteiger partial charge in [0, 0.05) is 4.88 Å². The molecular weight excluding hydrogens is 256 g/mol. The summed E-state index contributed by atoms with van der Waals surface area (Å²) in [5, 5.41) is 10.9. The molecular formula is C11H7ClN4S. The Labute approximate surface area is 107 Å². The fourth-order valence-electron chi connectivity index (χ4n) is 1.18. The molecule has 0 saturated heterocycles. The highest BCUT2D eigenvalue weighted by atomic mass is 35.5. The number of anilines is 1. The minimum atomic E-state index is 0.0470. The Kier molecular flexibility index (Phi) is 3.38. The molecule has 2 aromatic rings. The molecule has 4 nitrogen and oxygen atoms in total. The first-order valence-electron chi connectivity index (χ1n) is 4.65. The Bertz CT molecular complexity index is 599. The van der Waals surface area contributed by atoms with Crippen LogP contribution in [0.3, 0.4) is 0 Å². The first-order valence-corrected chi connectivity index (χ1v) is 5.91. The Morgan fingerprint density at radius 1 is 1.41 bits per heavy atom. The molecule has 0 bridgehead atoms. The number of nitriles is 1. The smallest absolute Gasteiger partial charge is 0.183 e. The van der Waals surface area contributed by atoms with Gasteiger partial charge >= 0.3 is 0 Å². The number of halogens is 1. The van der Waals surface area contributed by atoms with E-state index in [1.165, 1.54) is 0 Å². The molecule has 0 fully saturated rings. The van der Waals surface area contributed by atoms with Crippen LogP contribution in [-0.2, 0) is 0 Å². The van der Waals surface area contributed by atoms with Crippen LogP contribution in [0.4, 0.5) is 5.82 Å². The molecule has 6 heteroatoms. The average Bonchev–Trinajstić information content (AvgIpc) is 2.81. The summed E-state index contributed by atoms with van der Waals surface area (Å²) in [6.45, 7) is 0. The highest BCUT2D eigenvalue weighted by Gasteiger charge is 2.07. The number of thiophene rings is 1. The van der Waals surface area contributed by atoms with E-state index in [2.05, 4.69) is 9.97 Å². The summed E-state index contributed by atoms with van der Waals surface area (Å²) in [7, 11) is 0. The maximum absolute atomic E-state index is 8.79. The fraction of sp³-hybridized carbons (Fsp3) is 0. The number of nitrogen functional groups attached to an aromatic ring is 1. The second-order valence-corrected chi connectivity index (χ2v) is 4.43. The third-order valence-electron chi connectivity index (χ3n) is 1.96. The summed E-state index contributed by atoms with van der Waals surface area (Å²) in [5.74, 6) is 0.0470. The van der Waals surface area contributed by atoms with E-state index < -0.39 is 0 Å². The Balaban J connectivity index is 2.37. The molecule has 0 spiro atoms. The van der Waals surface area contributed by atoms with Gasteiger partial charge in [0.1, 0.15) is 11.8 Å². The van der Waals surface area contributed by atoms with E-state index in [-0.39, 0.29) is 16.7 Å². The van der Waals surface area contributed by atoms with E-state index in [1.807, 2.05) is 29.7 Å². The van der Waals surface area contributed by atoms with Gasteiger partial charge in [0.2, 0.25) is 0 Å². The molecule has 0 aliphatic heterocycles. The van der Waals surface area contributed by atoms with Gasteiger partial charge in [-0.25, -0.2) is 9.97 Å². The van der Waals surface area contributed by atoms with Crippen molar-refractivity contribution in [3.8, 4) is 6.07 Å². The molecule has 0 amide bonds. The first-order chi connectivity index (χ1) is 8.20. The van der Waals surface area contributed by atoms with Crippen molar-refractivity contribution < 1.29 is 0 Å². The quantitative estimate of drug-likeness (QED) is 0.903. The van der Waals surface area contributed by atoms with Crippen LogP contribution in [0.2, 0.25) is 5.15 Å². The van der Waals surface area contributed by atoms with Gasteiger partial charge < -0.3 is 5.73 Å². The van der Waals surface area contributed by atoms with Crippen LogP contribution in [0.5, 0.6) is 0 Å². The van der Waals surface area contributed by atoms with Crippen LogP contribution in [-0.4, -0.2) is 9.97 Å². The molecule has 2 aromatic heterocycles. The number of rotatable bonds is 2. The minimum Gasteiger partial charge on any atom is -0.381 e. The second-order valence-electron chi connectivity index (χ2n) is 3.09. The van der Waals surface area contributed by atoms with Crippen molar-refractivity contribution in [3.05, 3.63) is 38.9 Å². The van der Waals surface area contributed by atoms with E-state index in [0.29, 0.717) is 5.69 Å². The zero-order valence-electron chi connectivity index (χ0n) is 8.59. The predicted octanol–water partition coefficient (Wildman–Crippen LogP) is 2.82. The summed E-state index contributed by atoms with van der Waals surface area (Å²) in [5.41, 5.74) is 6.01. The van der Waals surface area contributed by atoms with Gasteiger partial charge in [0.05, 0.1) is 0 Å². The van der Waals surface area contributed by atoms with Crippen LogP contribution >= 0.6 is 22.9 Å². The molecule has 0 atom stereocenters. The van der Waals surface area contributed by atoms with Gasteiger partial charge in [0.15, 0.2) is 16.7 Å². The molecule has 0 radical (unpaired) electrons. The zero-order valence-corrected chi connectivity index (χ0v) is 10.2. The summed E-state index contributed by atoms with van der Waals surface area (Å²) in [6, 6.07) is 5.78. The van der Waals surface area contributed by atoms with Gasteiger partial charge in [-0.15, -0.1) is 11.3 Å². The van der Waals surface area contributed by atoms with Crippen molar-refractivity contribution in [3.63, 3.8) is 0 Å². The van der Waals surface area contributed by atoms with Crippen molar-refractivity contribution in [2.24, 2.45) is 0 Å². The number of nitrogens with zero attached hydrogens (tertiary/aromatic N) is 3. The van der Waals surface area contributed by atoms with Crippen LogP contribution in [0.15, 0.2) is 17.5 Å². The van der Waals surface area contributed by atoms with Gasteiger partial charge in [-0.3, -0.25) is 0 Å². The minimum absolute atomic E-state index is 0.0470. The lowest BCUT2D eigenvalue weighted by Crippen LogP contribution is -2.00. The summed E-state index contributed by atoms with van der Waals surface area (Å²) in [6.07, 6.45) is 3.57. The van der Waals surface area contributed by atoms with Crippen LogP contribution in [0.25, 0.3) is 12.2 Å². The number of nitrogens with two attached hydrogens (primary N) is 1. The lowest BCUT2D eigenvalue weighted by atomic mass is 10.3. The average molecular weight is 263 g/mol. The third-order valence-corrected chi connectivity index (χ3v) is 3.08. The normalized spacial score (nSPS) is 10.6. The number of hydrogen-bond acceptors (Lipinski definition) is 5. The highest BCUT2D eigenvalue weighted by molar-refractivity contribution is 7.10. The first kappa shape index (κ1) is 11.6. The topological polar surface area (TPSA) is 75.6 Å². The SMILES string of the molecule is N#Cc1nc(/C=C/c2cccs2)c(Cl)nc1N. The standard InChI is InChI=1S/C11H7ClN4S/c12-10-8(4-3-7-2-1-5-17-7)15-9(6-13)11(14)16-10/h1-5H,(H2,14,16)/b4-3+. The van der Waals surface area contributed by atoms with Crippen molar-refractivity contribution in [2.45, 2.75) is 0 Å². The molecule has 2 N–H and O–H groups in total. The molecule has 0 aliphatic carbocycles. The van der Waals surface area contributed by atoms with E-state index in [1.54, 1.807) is 17.4 Å². The molecule has 2 heterocycles.